The van der Waals surface area contributed by atoms with Crippen LogP contribution >= 0.6 is 11.3 Å². The summed E-state index contributed by atoms with van der Waals surface area (Å²) in [6, 6.07) is 11.3. The fourth-order valence-corrected chi connectivity index (χ4v) is 3.22. The van der Waals surface area contributed by atoms with E-state index < -0.39 is 0 Å². The van der Waals surface area contributed by atoms with E-state index in [0.29, 0.717) is 34.5 Å². The molecule has 29 heavy (non-hydrogen) atoms. The summed E-state index contributed by atoms with van der Waals surface area (Å²) < 4.78 is 29.8. The molecule has 0 saturated carbocycles. The Morgan fingerprint density at radius 1 is 1.14 bits per heavy atom. The molecule has 3 rings (SSSR count). The van der Waals surface area contributed by atoms with Gasteiger partial charge >= 0.3 is 0 Å². The molecule has 0 aliphatic heterocycles. The largest absolute Gasteiger partial charge is 0.496 e. The lowest BCUT2D eigenvalue weighted by molar-refractivity contribution is -0.118. The van der Waals surface area contributed by atoms with Crippen LogP contribution in [0.1, 0.15) is 13.3 Å². The second-order valence-electron chi connectivity index (χ2n) is 6.04. The van der Waals surface area contributed by atoms with E-state index in [4.69, 9.17) is 14.2 Å². The number of hydrogen-bond donors (Lipinski definition) is 1. The molecule has 6 nitrogen and oxygen atoms in total. The van der Waals surface area contributed by atoms with Gasteiger partial charge in [0.1, 0.15) is 23.1 Å². The van der Waals surface area contributed by atoms with Crippen LogP contribution in [0.15, 0.2) is 47.8 Å². The van der Waals surface area contributed by atoms with Gasteiger partial charge in [-0.25, -0.2) is 9.37 Å². The number of methoxy groups -OCH3 is 1. The highest BCUT2D eigenvalue weighted by Crippen LogP contribution is 2.32. The van der Waals surface area contributed by atoms with Gasteiger partial charge in [0.2, 0.25) is 0 Å². The van der Waals surface area contributed by atoms with Crippen molar-refractivity contribution in [1.29, 1.82) is 0 Å². The van der Waals surface area contributed by atoms with Crippen LogP contribution < -0.4 is 19.5 Å². The SMILES string of the molecule is CCCOc1ccc(OCC(=O)Nc2nc(-c3cc(F)ccc3OC)cs2)cc1. The summed E-state index contributed by atoms with van der Waals surface area (Å²) >= 11 is 1.24. The zero-order chi connectivity index (χ0) is 20.6. The van der Waals surface area contributed by atoms with Gasteiger partial charge in [0, 0.05) is 10.9 Å². The number of carbonyl (C=O) groups is 1. The Morgan fingerprint density at radius 3 is 2.55 bits per heavy atom. The molecular weight excluding hydrogens is 395 g/mol. The maximum Gasteiger partial charge on any atom is 0.264 e. The van der Waals surface area contributed by atoms with Crippen molar-refractivity contribution in [2.75, 3.05) is 25.6 Å². The Bertz CT molecular complexity index is 960. The fraction of sp³-hybridized carbons (Fsp3) is 0.238. The highest BCUT2D eigenvalue weighted by molar-refractivity contribution is 7.14. The number of thiazole rings is 1. The molecule has 1 heterocycles. The summed E-state index contributed by atoms with van der Waals surface area (Å²) in [7, 11) is 1.51. The number of carbonyl (C=O) groups excluding carboxylic acids is 1. The minimum atomic E-state index is -0.390. The number of nitrogens with zero attached hydrogens (tertiary/aromatic N) is 1. The van der Waals surface area contributed by atoms with Gasteiger partial charge in [-0.05, 0) is 48.9 Å². The number of ether oxygens (including phenoxy) is 3. The number of nitrogens with one attached hydrogen (secondary N) is 1. The van der Waals surface area contributed by atoms with E-state index >= 15 is 0 Å². The zero-order valence-corrected chi connectivity index (χ0v) is 16.9. The Hall–Kier alpha value is -3.13. The van der Waals surface area contributed by atoms with Gasteiger partial charge in [-0.2, -0.15) is 0 Å². The lowest BCUT2D eigenvalue weighted by Crippen LogP contribution is -2.20. The van der Waals surface area contributed by atoms with Crippen molar-refractivity contribution in [3.8, 4) is 28.5 Å². The molecule has 0 fully saturated rings. The normalized spacial score (nSPS) is 10.4. The molecule has 0 spiro atoms. The van der Waals surface area contributed by atoms with Crippen molar-refractivity contribution in [3.05, 3.63) is 53.7 Å². The lowest BCUT2D eigenvalue weighted by atomic mass is 10.1. The third-order valence-corrected chi connectivity index (χ3v) is 4.61. The Labute approximate surface area is 172 Å². The molecule has 0 saturated heterocycles. The minimum absolute atomic E-state index is 0.159. The van der Waals surface area contributed by atoms with Gasteiger partial charge in [0.15, 0.2) is 11.7 Å². The number of amides is 1. The van der Waals surface area contributed by atoms with Crippen LogP contribution in [0.2, 0.25) is 0 Å². The van der Waals surface area contributed by atoms with Gasteiger partial charge in [-0.3, -0.25) is 10.1 Å². The Morgan fingerprint density at radius 2 is 1.86 bits per heavy atom. The van der Waals surface area contributed by atoms with Crippen LogP contribution in [0.25, 0.3) is 11.3 Å². The molecule has 1 aromatic heterocycles. The van der Waals surface area contributed by atoms with Crippen molar-refractivity contribution in [2.24, 2.45) is 0 Å². The van der Waals surface area contributed by atoms with Crippen LogP contribution in [0, 0.1) is 5.82 Å². The Balaban J connectivity index is 1.56. The monoisotopic (exact) mass is 416 g/mol. The van der Waals surface area contributed by atoms with Crippen LogP contribution in [0.3, 0.4) is 0 Å². The van der Waals surface area contributed by atoms with Crippen LogP contribution in [0.4, 0.5) is 9.52 Å². The number of hydrogen-bond acceptors (Lipinski definition) is 6. The van der Waals surface area contributed by atoms with Gasteiger partial charge in [-0.1, -0.05) is 6.92 Å². The predicted octanol–water partition coefficient (Wildman–Crippen LogP) is 4.76. The first-order chi connectivity index (χ1) is 14.1. The molecule has 152 valence electrons. The highest BCUT2D eigenvalue weighted by atomic mass is 32.1. The second kappa shape index (κ2) is 9.88. The van der Waals surface area contributed by atoms with Crippen LogP contribution in [-0.4, -0.2) is 31.2 Å². The first-order valence-electron chi connectivity index (χ1n) is 9.04. The molecule has 0 radical (unpaired) electrons. The van der Waals surface area contributed by atoms with Crippen molar-refractivity contribution in [2.45, 2.75) is 13.3 Å². The van der Waals surface area contributed by atoms with E-state index in [1.165, 1.54) is 36.6 Å². The number of anilines is 1. The molecule has 0 unspecified atom stereocenters. The van der Waals surface area contributed by atoms with E-state index in [-0.39, 0.29) is 18.3 Å². The summed E-state index contributed by atoms with van der Waals surface area (Å²) in [4.78, 5) is 16.5. The van der Waals surface area contributed by atoms with Gasteiger partial charge in [0.05, 0.1) is 19.4 Å². The van der Waals surface area contributed by atoms with E-state index in [9.17, 15) is 9.18 Å². The first-order valence-corrected chi connectivity index (χ1v) is 9.92. The fourth-order valence-electron chi connectivity index (χ4n) is 2.49. The van der Waals surface area contributed by atoms with Gasteiger partial charge in [-0.15, -0.1) is 11.3 Å². The molecule has 0 bridgehead atoms. The number of halogens is 1. The van der Waals surface area contributed by atoms with Crippen LogP contribution in [0.5, 0.6) is 17.2 Å². The van der Waals surface area contributed by atoms with Crippen molar-refractivity contribution >= 4 is 22.4 Å². The molecule has 3 aromatic rings. The third-order valence-electron chi connectivity index (χ3n) is 3.85. The average molecular weight is 416 g/mol. The van der Waals surface area contributed by atoms with Gasteiger partial charge in [0.25, 0.3) is 5.91 Å². The van der Waals surface area contributed by atoms with Gasteiger partial charge < -0.3 is 14.2 Å². The topological polar surface area (TPSA) is 69.7 Å². The van der Waals surface area contributed by atoms with E-state index in [0.717, 1.165) is 12.2 Å². The quantitative estimate of drug-likeness (QED) is 0.544. The summed E-state index contributed by atoms with van der Waals surface area (Å²) in [5.74, 6) is 1.09. The molecule has 2 aromatic carbocycles. The molecule has 0 atom stereocenters. The summed E-state index contributed by atoms with van der Waals surface area (Å²) in [5.41, 5.74) is 1.04. The van der Waals surface area contributed by atoms with E-state index in [2.05, 4.69) is 10.3 Å². The van der Waals surface area contributed by atoms with Crippen LogP contribution in [-0.2, 0) is 4.79 Å². The number of aromatic nitrogens is 1. The molecule has 8 heteroatoms. The van der Waals surface area contributed by atoms with Crippen molar-refractivity contribution < 1.29 is 23.4 Å². The maximum atomic E-state index is 13.6. The predicted molar refractivity (Wildman–Crippen MR) is 110 cm³/mol. The molecule has 0 aliphatic carbocycles. The lowest BCUT2D eigenvalue weighted by Gasteiger charge is -2.08. The second-order valence-corrected chi connectivity index (χ2v) is 6.90. The third kappa shape index (κ3) is 5.68. The molecule has 1 amide bonds. The highest BCUT2D eigenvalue weighted by Gasteiger charge is 2.13. The van der Waals surface area contributed by atoms with E-state index in [1.54, 1.807) is 29.6 Å². The standard InChI is InChI=1S/C21H21FN2O4S/c1-3-10-27-15-5-7-16(8-6-15)28-12-20(25)24-21-23-18(13-29-21)17-11-14(22)4-9-19(17)26-2/h4-9,11,13H,3,10,12H2,1-2H3,(H,23,24,25). The smallest absolute Gasteiger partial charge is 0.264 e. The zero-order valence-electron chi connectivity index (χ0n) is 16.1. The molecule has 1 N–H and O–H groups in total. The first kappa shape index (κ1) is 20.6. The number of benzene rings is 2. The summed E-state index contributed by atoms with van der Waals surface area (Å²) in [6.45, 7) is 2.53. The van der Waals surface area contributed by atoms with E-state index in [1.807, 2.05) is 6.92 Å². The Kier molecular flexibility index (Phi) is 7.02. The summed E-state index contributed by atoms with van der Waals surface area (Å²) in [5, 5.41) is 4.79. The van der Waals surface area contributed by atoms with Crippen molar-refractivity contribution in [1.82, 2.24) is 4.98 Å². The molecule has 0 aliphatic rings. The molecular formula is C21H21FN2O4S. The average Bonchev–Trinajstić information content (AvgIpc) is 3.19. The van der Waals surface area contributed by atoms with Crippen molar-refractivity contribution in [3.63, 3.8) is 0 Å². The summed E-state index contributed by atoms with van der Waals surface area (Å²) in [6.07, 6.45) is 0.933. The number of rotatable bonds is 9. The minimum Gasteiger partial charge on any atom is -0.496 e. The maximum absolute atomic E-state index is 13.6.